The highest BCUT2D eigenvalue weighted by Crippen LogP contribution is 2.43. The fourth-order valence-corrected chi connectivity index (χ4v) is 10.5. The van der Waals surface area contributed by atoms with Crippen molar-refractivity contribution < 1.29 is 43.2 Å². The lowest BCUT2D eigenvalue weighted by Crippen LogP contribution is -2.62. The Morgan fingerprint density at radius 2 is 1.86 bits per heavy atom. The second kappa shape index (κ2) is 19.1. The number of rotatable bonds is 9. The summed E-state index contributed by atoms with van der Waals surface area (Å²) >= 11 is 0. The number of carbonyl (C=O) groups is 4. The molecule has 3 amide bonds. The van der Waals surface area contributed by atoms with E-state index in [1.807, 2.05) is 39.0 Å². The first-order valence-corrected chi connectivity index (χ1v) is 23.5. The topological polar surface area (TPSA) is 174 Å². The van der Waals surface area contributed by atoms with Gasteiger partial charge in [0.2, 0.25) is 5.91 Å². The Balaban J connectivity index is 1.19. The molecule has 3 N–H and O–H groups in total. The number of hydrogen-bond acceptors (Lipinski definition) is 11. The first-order chi connectivity index (χ1) is 31.5. The SMILES string of the molecule is CCn1c(-c2cccnc2[C@H](C)OC)c2c3cc(ccc31)-c1cc(O)cc(c1)C[C@H](NC(=O)[C@H](C(C)C)N(C)C(=O)C1CCC3(CCOC3)O1)C(=O)N1CCC[C@H](N1)C(=O)OCC(C)(C)C2. The Morgan fingerprint density at radius 3 is 2.59 bits per heavy atom. The number of benzene rings is 2. The highest BCUT2D eigenvalue weighted by molar-refractivity contribution is 5.96. The van der Waals surface area contributed by atoms with Crippen LogP contribution in [0.25, 0.3) is 33.3 Å². The van der Waals surface area contributed by atoms with Crippen LogP contribution in [-0.4, -0.2) is 119 Å². The number of hydrazine groups is 1. The molecular formula is C51H66N6O9. The highest BCUT2D eigenvalue weighted by Gasteiger charge is 2.48. The van der Waals surface area contributed by atoms with Crippen molar-refractivity contribution in [2.24, 2.45) is 11.3 Å². The van der Waals surface area contributed by atoms with E-state index in [-0.39, 0.29) is 36.7 Å². The van der Waals surface area contributed by atoms with Crippen LogP contribution >= 0.6 is 0 Å². The predicted molar refractivity (Wildman–Crippen MR) is 249 cm³/mol. The molecular weight excluding hydrogens is 841 g/mol. The van der Waals surface area contributed by atoms with Crippen LogP contribution in [0.1, 0.15) is 96.6 Å². The molecule has 3 fully saturated rings. The maximum atomic E-state index is 14.7. The van der Waals surface area contributed by atoms with Crippen LogP contribution in [0.2, 0.25) is 0 Å². The van der Waals surface area contributed by atoms with E-state index in [1.54, 1.807) is 32.5 Å². The summed E-state index contributed by atoms with van der Waals surface area (Å²) in [5, 5.41) is 16.8. The van der Waals surface area contributed by atoms with Crippen molar-refractivity contribution in [3.05, 3.63) is 71.5 Å². The van der Waals surface area contributed by atoms with Crippen LogP contribution in [0.5, 0.6) is 5.75 Å². The molecule has 4 aromatic rings. The van der Waals surface area contributed by atoms with E-state index < -0.39 is 53.0 Å². The summed E-state index contributed by atoms with van der Waals surface area (Å²) in [5.41, 5.74) is 9.17. The summed E-state index contributed by atoms with van der Waals surface area (Å²) in [4.78, 5) is 63.5. The molecule has 6 bridgehead atoms. The van der Waals surface area contributed by atoms with E-state index >= 15 is 0 Å². The minimum Gasteiger partial charge on any atom is -0.508 e. The number of carbonyl (C=O) groups excluding carboxylic acids is 4. The lowest BCUT2D eigenvalue weighted by Gasteiger charge is -2.37. The number of aromatic nitrogens is 2. The average Bonchev–Trinajstić information content (AvgIpc) is 4.03. The number of cyclic esters (lactones) is 1. The number of aromatic hydroxyl groups is 1. The van der Waals surface area contributed by atoms with E-state index in [0.29, 0.717) is 64.0 Å². The van der Waals surface area contributed by atoms with E-state index in [2.05, 4.69) is 54.3 Å². The first-order valence-electron chi connectivity index (χ1n) is 23.5. The van der Waals surface area contributed by atoms with E-state index in [9.17, 15) is 24.3 Å². The van der Waals surface area contributed by atoms with Gasteiger partial charge in [-0.05, 0) is 111 Å². The van der Waals surface area contributed by atoms with E-state index in [4.69, 9.17) is 23.9 Å². The van der Waals surface area contributed by atoms with Gasteiger partial charge in [0.15, 0.2) is 0 Å². The minimum atomic E-state index is -1.14. The monoisotopic (exact) mass is 906 g/mol. The molecule has 4 aliphatic heterocycles. The fraction of sp³-hybridized carbons (Fsp3) is 0.549. The molecule has 4 aliphatic rings. The number of hydrogen-bond donors (Lipinski definition) is 3. The molecule has 2 aromatic carbocycles. The van der Waals surface area contributed by atoms with Gasteiger partial charge in [0.05, 0.1) is 36.3 Å². The molecule has 6 atom stereocenters. The zero-order valence-electron chi connectivity index (χ0n) is 39.6. The Bertz CT molecular complexity index is 2480. The Hall–Kier alpha value is -5.35. The molecule has 0 radical (unpaired) electrons. The van der Waals surface area contributed by atoms with Gasteiger partial charge in [-0.3, -0.25) is 29.2 Å². The third kappa shape index (κ3) is 9.45. The fourth-order valence-electron chi connectivity index (χ4n) is 10.5. The number of ether oxygens (including phenoxy) is 4. The number of likely N-dealkylation sites (N-methyl/N-ethyl adjacent to an activating group) is 1. The number of phenols is 1. The van der Waals surface area contributed by atoms with Crippen LogP contribution in [0, 0.1) is 11.3 Å². The Morgan fingerprint density at radius 1 is 1.06 bits per heavy atom. The van der Waals surface area contributed by atoms with Crippen LogP contribution in [0.15, 0.2) is 54.7 Å². The maximum absolute atomic E-state index is 14.7. The van der Waals surface area contributed by atoms with Gasteiger partial charge in [-0.1, -0.05) is 39.8 Å². The third-order valence-corrected chi connectivity index (χ3v) is 13.9. The molecule has 15 heteroatoms. The first kappa shape index (κ1) is 47.2. The maximum Gasteiger partial charge on any atom is 0.324 e. The van der Waals surface area contributed by atoms with Gasteiger partial charge in [-0.25, -0.2) is 5.43 Å². The van der Waals surface area contributed by atoms with Gasteiger partial charge in [0.1, 0.15) is 30.0 Å². The molecule has 354 valence electrons. The molecule has 66 heavy (non-hydrogen) atoms. The average molecular weight is 907 g/mol. The standard InChI is InChI=1S/C51H66N6O9/c1-9-56-41-15-14-33-26-37(41)38(45(56)36-12-10-19-52-43(36)31(4)63-8)27-50(5,6)28-65-49(62)39-13-11-20-57(54-39)47(60)40(24-32-22-34(33)25-35(58)23-32)53-46(59)44(30(2)3)55(7)48(61)42-16-17-51(66-42)18-21-64-29-51/h10,12,14-15,19,22-23,25-26,30-31,39-40,42,44,54,58H,9,11,13,16-18,20-21,24,27-29H2,1-8H3,(H,53,59)/t31-,39-,40-,42?,44-,51?/m0/s1. The summed E-state index contributed by atoms with van der Waals surface area (Å²) in [7, 11) is 3.29. The normalized spacial score (nSPS) is 24.3. The summed E-state index contributed by atoms with van der Waals surface area (Å²) < 4.78 is 26.1. The largest absolute Gasteiger partial charge is 0.508 e. The van der Waals surface area contributed by atoms with Gasteiger partial charge in [-0.15, -0.1) is 0 Å². The highest BCUT2D eigenvalue weighted by atomic mass is 16.6. The quantitative estimate of drug-likeness (QED) is 0.162. The number of nitrogens with zero attached hydrogens (tertiary/aromatic N) is 4. The van der Waals surface area contributed by atoms with Crippen molar-refractivity contribution in [3.8, 4) is 28.1 Å². The third-order valence-electron chi connectivity index (χ3n) is 13.9. The summed E-state index contributed by atoms with van der Waals surface area (Å²) in [6.45, 7) is 14.1. The predicted octanol–water partition coefficient (Wildman–Crippen LogP) is 6.27. The van der Waals surface area contributed by atoms with Crippen LogP contribution in [0.4, 0.5) is 0 Å². The second-order valence-electron chi connectivity index (χ2n) is 19.8. The zero-order chi connectivity index (χ0) is 47.1. The van der Waals surface area contributed by atoms with Gasteiger partial charge >= 0.3 is 5.97 Å². The number of methoxy groups -OCH3 is 1. The smallest absolute Gasteiger partial charge is 0.324 e. The minimum absolute atomic E-state index is 0.00236. The van der Waals surface area contributed by atoms with Crippen molar-refractivity contribution in [1.82, 2.24) is 30.2 Å². The number of nitrogens with one attached hydrogen (secondary N) is 2. The zero-order valence-corrected chi connectivity index (χ0v) is 39.6. The molecule has 0 aliphatic carbocycles. The molecule has 15 nitrogen and oxygen atoms in total. The lowest BCUT2D eigenvalue weighted by molar-refractivity contribution is -0.156. The lowest BCUT2D eigenvalue weighted by atomic mass is 9.84. The molecule has 2 aromatic heterocycles. The van der Waals surface area contributed by atoms with Crippen LogP contribution in [-0.2, 0) is 57.5 Å². The van der Waals surface area contributed by atoms with Crippen molar-refractivity contribution in [1.29, 1.82) is 0 Å². The Labute approximate surface area is 387 Å². The second-order valence-corrected chi connectivity index (χ2v) is 19.8. The van der Waals surface area contributed by atoms with Gasteiger partial charge < -0.3 is 38.8 Å². The summed E-state index contributed by atoms with van der Waals surface area (Å²) in [5.74, 6) is -2.04. The van der Waals surface area contributed by atoms with Gasteiger partial charge in [-0.2, -0.15) is 0 Å². The summed E-state index contributed by atoms with van der Waals surface area (Å²) in [6.07, 6.45) is 4.29. The van der Waals surface area contributed by atoms with Crippen molar-refractivity contribution in [3.63, 3.8) is 0 Å². The van der Waals surface area contributed by atoms with Crippen molar-refractivity contribution >= 4 is 34.6 Å². The number of aryl methyl sites for hydroxylation is 1. The van der Waals surface area contributed by atoms with Crippen LogP contribution < -0.4 is 10.7 Å². The number of amides is 3. The number of pyridine rings is 1. The van der Waals surface area contributed by atoms with Crippen LogP contribution in [0.3, 0.4) is 0 Å². The molecule has 1 spiro atoms. The molecule has 0 saturated carbocycles. The number of fused-ring (bicyclic) bond motifs is 6. The van der Waals surface area contributed by atoms with E-state index in [0.717, 1.165) is 51.0 Å². The van der Waals surface area contributed by atoms with E-state index in [1.165, 1.54) is 9.91 Å². The van der Waals surface area contributed by atoms with Crippen molar-refractivity contribution in [2.75, 3.05) is 40.5 Å². The Kier molecular flexibility index (Phi) is 13.6. The summed E-state index contributed by atoms with van der Waals surface area (Å²) in [6, 6.07) is 12.7. The van der Waals surface area contributed by atoms with Crippen molar-refractivity contribution in [2.45, 2.75) is 129 Å². The molecule has 3 saturated heterocycles. The molecule has 8 rings (SSSR count). The van der Waals surface area contributed by atoms with Gasteiger partial charge in [0, 0.05) is 74.8 Å². The number of esters is 1. The molecule has 6 heterocycles. The number of phenolic OH excluding ortho intramolecular Hbond substituents is 1. The van der Waals surface area contributed by atoms with Gasteiger partial charge in [0.25, 0.3) is 11.8 Å². The molecule has 2 unspecified atom stereocenters.